The van der Waals surface area contributed by atoms with E-state index in [9.17, 15) is 14.3 Å². The predicted octanol–water partition coefficient (Wildman–Crippen LogP) is 1.49. The summed E-state index contributed by atoms with van der Waals surface area (Å²) >= 11 is 0. The van der Waals surface area contributed by atoms with Gasteiger partial charge in [0.25, 0.3) is 5.91 Å². The van der Waals surface area contributed by atoms with Crippen molar-refractivity contribution in [2.75, 3.05) is 13.6 Å². The van der Waals surface area contributed by atoms with E-state index < -0.39 is 18.0 Å². The Morgan fingerprint density at radius 1 is 1.56 bits per heavy atom. The summed E-state index contributed by atoms with van der Waals surface area (Å²) < 4.78 is 18.7. The molecule has 1 fully saturated rings. The molecule has 1 amide bonds. The van der Waals surface area contributed by atoms with Gasteiger partial charge in [0, 0.05) is 31.6 Å². The number of likely N-dealkylation sites (N-methyl/N-ethyl adjacent to an activating group) is 1. The first kappa shape index (κ1) is 12.8. The van der Waals surface area contributed by atoms with Crippen LogP contribution >= 0.6 is 0 Å². The Morgan fingerprint density at radius 3 is 2.83 bits per heavy atom. The Hall–Kier alpha value is -1.62. The van der Waals surface area contributed by atoms with Gasteiger partial charge in [0.1, 0.15) is 11.6 Å². The summed E-state index contributed by atoms with van der Waals surface area (Å²) in [6.45, 7) is 2.20. The molecule has 0 aliphatic carbocycles. The molecule has 4 nitrogen and oxygen atoms in total. The summed E-state index contributed by atoms with van der Waals surface area (Å²) in [7, 11) is 1.70. The zero-order chi connectivity index (χ0) is 13.3. The molecule has 1 aromatic rings. The van der Waals surface area contributed by atoms with Crippen molar-refractivity contribution in [3.05, 3.63) is 29.6 Å². The number of benzene rings is 1. The lowest BCUT2D eigenvalue weighted by Crippen LogP contribution is -2.29. The van der Waals surface area contributed by atoms with Crippen LogP contribution in [0.5, 0.6) is 5.75 Å². The molecule has 1 aliphatic heterocycles. The molecule has 0 saturated carbocycles. The molecule has 0 radical (unpaired) electrons. The van der Waals surface area contributed by atoms with Gasteiger partial charge in [-0.3, -0.25) is 4.79 Å². The van der Waals surface area contributed by atoms with Crippen LogP contribution in [0.25, 0.3) is 0 Å². The first-order valence-electron chi connectivity index (χ1n) is 5.88. The summed E-state index contributed by atoms with van der Waals surface area (Å²) in [6, 6.07) is 3.93. The lowest BCUT2D eigenvalue weighted by Gasteiger charge is -2.17. The van der Waals surface area contributed by atoms with Gasteiger partial charge in [-0.15, -0.1) is 0 Å². The average Bonchev–Trinajstić information content (AvgIpc) is 2.61. The van der Waals surface area contributed by atoms with Gasteiger partial charge in [0.2, 0.25) is 0 Å². The number of ether oxygens (including phenoxy) is 1. The first-order chi connectivity index (χ1) is 8.49. The van der Waals surface area contributed by atoms with Gasteiger partial charge in [0.05, 0.1) is 6.10 Å². The maximum absolute atomic E-state index is 13.2. The van der Waals surface area contributed by atoms with E-state index in [1.54, 1.807) is 18.9 Å². The van der Waals surface area contributed by atoms with E-state index in [2.05, 4.69) is 0 Å². The van der Waals surface area contributed by atoms with Crippen LogP contribution in [0, 0.1) is 5.82 Å². The van der Waals surface area contributed by atoms with Crippen molar-refractivity contribution in [3.63, 3.8) is 0 Å². The molecule has 1 N–H and O–H groups in total. The van der Waals surface area contributed by atoms with Gasteiger partial charge in [-0.2, -0.15) is 0 Å². The number of rotatable bonds is 3. The van der Waals surface area contributed by atoms with Crippen molar-refractivity contribution < 1.29 is 19.0 Å². The van der Waals surface area contributed by atoms with E-state index >= 15 is 0 Å². The second kappa shape index (κ2) is 4.94. The van der Waals surface area contributed by atoms with Gasteiger partial charge in [0.15, 0.2) is 6.10 Å². The van der Waals surface area contributed by atoms with Gasteiger partial charge in [-0.25, -0.2) is 4.39 Å². The van der Waals surface area contributed by atoms with Crippen molar-refractivity contribution in [2.24, 2.45) is 0 Å². The molecule has 2 rings (SSSR count). The van der Waals surface area contributed by atoms with Crippen molar-refractivity contribution in [3.8, 4) is 5.75 Å². The second-order valence-corrected chi connectivity index (χ2v) is 4.51. The van der Waals surface area contributed by atoms with E-state index in [1.165, 1.54) is 18.2 Å². The molecule has 18 heavy (non-hydrogen) atoms. The van der Waals surface area contributed by atoms with Crippen LogP contribution in [0.3, 0.4) is 0 Å². The fraction of sp³-hybridized carbons (Fsp3) is 0.462. The second-order valence-electron chi connectivity index (χ2n) is 4.51. The fourth-order valence-corrected chi connectivity index (χ4v) is 2.01. The topological polar surface area (TPSA) is 49.8 Å². The zero-order valence-corrected chi connectivity index (χ0v) is 10.4. The summed E-state index contributed by atoms with van der Waals surface area (Å²) in [6.07, 6.45) is -0.783. The van der Waals surface area contributed by atoms with Crippen LogP contribution < -0.4 is 4.74 Å². The van der Waals surface area contributed by atoms with E-state index in [1.807, 2.05) is 0 Å². The third-order valence-corrected chi connectivity index (χ3v) is 3.07. The number of hydrogen-bond acceptors (Lipinski definition) is 3. The average molecular weight is 253 g/mol. The first-order valence-corrected chi connectivity index (χ1v) is 5.88. The lowest BCUT2D eigenvalue weighted by molar-refractivity contribution is -0.132. The Labute approximate surface area is 105 Å². The number of amides is 1. The van der Waals surface area contributed by atoms with Crippen LogP contribution in [0.15, 0.2) is 18.2 Å². The summed E-state index contributed by atoms with van der Waals surface area (Å²) in [5.41, 5.74) is 0.485. The van der Waals surface area contributed by atoms with E-state index in [0.717, 1.165) is 0 Å². The zero-order valence-electron chi connectivity index (χ0n) is 10.4. The van der Waals surface area contributed by atoms with Crippen LogP contribution in [0.2, 0.25) is 0 Å². The van der Waals surface area contributed by atoms with E-state index in [0.29, 0.717) is 18.5 Å². The molecule has 1 heterocycles. The standard InChI is InChI=1S/C13H16FNO3/c1-8(16)10-4-3-9(14)7-12(10)18-11-5-6-15(2)13(11)17/h3-4,7-8,11,16H,5-6H2,1-2H3. The number of carbonyl (C=O) groups excluding carboxylic acids is 1. The largest absolute Gasteiger partial charge is 0.480 e. The fourth-order valence-electron chi connectivity index (χ4n) is 2.01. The van der Waals surface area contributed by atoms with Crippen LogP contribution in [-0.4, -0.2) is 35.6 Å². The molecule has 1 saturated heterocycles. The number of aliphatic hydroxyl groups excluding tert-OH is 1. The highest BCUT2D eigenvalue weighted by molar-refractivity contribution is 5.83. The maximum atomic E-state index is 13.2. The molecule has 1 aromatic carbocycles. The van der Waals surface area contributed by atoms with Crippen molar-refractivity contribution in [1.29, 1.82) is 0 Å². The van der Waals surface area contributed by atoms with Crippen LogP contribution in [0.4, 0.5) is 4.39 Å². The highest BCUT2D eigenvalue weighted by Crippen LogP contribution is 2.28. The third-order valence-electron chi connectivity index (χ3n) is 3.07. The maximum Gasteiger partial charge on any atom is 0.263 e. The summed E-state index contributed by atoms with van der Waals surface area (Å²) in [5.74, 6) is -0.331. The molecular formula is C13H16FNO3. The minimum absolute atomic E-state index is 0.115. The number of aliphatic hydroxyl groups is 1. The van der Waals surface area contributed by atoms with Gasteiger partial charge in [-0.05, 0) is 19.1 Å². The number of likely N-dealkylation sites (tertiary alicyclic amines) is 1. The normalized spacial score (nSPS) is 21.2. The Bertz CT molecular complexity index is 462. The number of carbonyl (C=O) groups is 1. The minimum Gasteiger partial charge on any atom is -0.480 e. The number of hydrogen-bond donors (Lipinski definition) is 1. The molecule has 1 aliphatic rings. The molecule has 0 aromatic heterocycles. The quantitative estimate of drug-likeness (QED) is 0.887. The predicted molar refractivity (Wildman–Crippen MR) is 63.7 cm³/mol. The van der Waals surface area contributed by atoms with E-state index in [-0.39, 0.29) is 11.7 Å². The minimum atomic E-state index is -0.769. The van der Waals surface area contributed by atoms with Crippen LogP contribution in [-0.2, 0) is 4.79 Å². The smallest absolute Gasteiger partial charge is 0.263 e. The molecule has 2 unspecified atom stereocenters. The lowest BCUT2D eigenvalue weighted by atomic mass is 10.1. The van der Waals surface area contributed by atoms with Crippen molar-refractivity contribution in [2.45, 2.75) is 25.6 Å². The monoisotopic (exact) mass is 253 g/mol. The Balaban J connectivity index is 2.23. The molecule has 0 spiro atoms. The molecule has 5 heteroatoms. The van der Waals surface area contributed by atoms with Crippen molar-refractivity contribution in [1.82, 2.24) is 4.90 Å². The number of nitrogens with zero attached hydrogens (tertiary/aromatic N) is 1. The van der Waals surface area contributed by atoms with Crippen molar-refractivity contribution >= 4 is 5.91 Å². The molecule has 0 bridgehead atoms. The van der Waals surface area contributed by atoms with E-state index in [4.69, 9.17) is 4.74 Å². The van der Waals surface area contributed by atoms with Crippen LogP contribution in [0.1, 0.15) is 25.0 Å². The number of halogens is 1. The SMILES string of the molecule is CC(O)c1ccc(F)cc1OC1CCN(C)C1=O. The van der Waals surface area contributed by atoms with Gasteiger partial charge >= 0.3 is 0 Å². The molecule has 2 atom stereocenters. The summed E-state index contributed by atoms with van der Waals surface area (Å²) in [4.78, 5) is 13.3. The summed E-state index contributed by atoms with van der Waals surface area (Å²) in [5, 5.41) is 9.59. The highest BCUT2D eigenvalue weighted by Gasteiger charge is 2.31. The molecular weight excluding hydrogens is 237 g/mol. The highest BCUT2D eigenvalue weighted by atomic mass is 19.1. The van der Waals surface area contributed by atoms with Gasteiger partial charge < -0.3 is 14.7 Å². The van der Waals surface area contributed by atoms with Gasteiger partial charge in [-0.1, -0.05) is 0 Å². The Morgan fingerprint density at radius 2 is 2.28 bits per heavy atom. The Kier molecular flexibility index (Phi) is 3.52. The molecule has 98 valence electrons. The third kappa shape index (κ3) is 2.46.